The first kappa shape index (κ1) is 15.2. The van der Waals surface area contributed by atoms with Crippen molar-refractivity contribution in [2.75, 3.05) is 7.05 Å². The molecule has 0 saturated carbocycles. The average Bonchev–Trinajstić information content (AvgIpc) is 2.54. The molecule has 0 bridgehead atoms. The third-order valence-electron chi connectivity index (χ3n) is 2.52. The second kappa shape index (κ2) is 7.58. The van der Waals surface area contributed by atoms with E-state index in [4.69, 9.17) is 9.47 Å². The van der Waals surface area contributed by atoms with Crippen LogP contribution in [-0.4, -0.2) is 24.7 Å². The Labute approximate surface area is 127 Å². The molecule has 1 N–H and O–H groups in total. The van der Waals surface area contributed by atoms with Crippen LogP contribution in [0, 0.1) is 0 Å². The lowest BCUT2D eigenvalue weighted by molar-refractivity contribution is -0.132. The molecule has 0 atom stereocenters. The topological polar surface area (TPSA) is 77.0 Å². The van der Waals surface area contributed by atoms with Crippen molar-refractivity contribution in [2.24, 2.45) is 5.10 Å². The maximum absolute atomic E-state index is 12.0. The molecule has 0 aliphatic rings. The molecule has 0 aliphatic carbocycles. The number of nitrogens with one attached hydrogen (secondary N) is 1. The molecule has 0 aliphatic heterocycles. The van der Waals surface area contributed by atoms with Gasteiger partial charge in [-0.25, -0.2) is 9.59 Å². The second-order valence-corrected chi connectivity index (χ2v) is 4.09. The molecule has 2 rings (SSSR count). The number of benzene rings is 2. The van der Waals surface area contributed by atoms with Crippen LogP contribution in [0.1, 0.15) is 0 Å². The minimum absolute atomic E-state index is 0.309. The van der Waals surface area contributed by atoms with E-state index in [1.165, 1.54) is 7.05 Å². The highest BCUT2D eigenvalue weighted by Crippen LogP contribution is 2.11. The molecule has 112 valence electrons. The van der Waals surface area contributed by atoms with Crippen molar-refractivity contribution in [1.82, 2.24) is 5.43 Å². The molecule has 0 fully saturated rings. The summed E-state index contributed by atoms with van der Waals surface area (Å²) >= 11 is 0. The first-order valence-corrected chi connectivity index (χ1v) is 6.49. The predicted octanol–water partition coefficient (Wildman–Crippen LogP) is 1.77. The third-order valence-corrected chi connectivity index (χ3v) is 2.52. The SMILES string of the molecule is CNN=C(C(=O)Oc1ccccc1)C(=O)Oc1ccccc1. The van der Waals surface area contributed by atoms with Gasteiger partial charge in [0.2, 0.25) is 0 Å². The van der Waals surface area contributed by atoms with E-state index in [-0.39, 0.29) is 0 Å². The van der Waals surface area contributed by atoms with E-state index < -0.39 is 17.7 Å². The van der Waals surface area contributed by atoms with E-state index in [9.17, 15) is 9.59 Å². The summed E-state index contributed by atoms with van der Waals surface area (Å²) in [4.78, 5) is 24.1. The van der Waals surface area contributed by atoms with Gasteiger partial charge in [0.05, 0.1) is 0 Å². The Hall–Kier alpha value is -3.15. The molecule has 0 spiro atoms. The van der Waals surface area contributed by atoms with Gasteiger partial charge in [-0.3, -0.25) is 0 Å². The Morgan fingerprint density at radius 3 is 1.59 bits per heavy atom. The maximum Gasteiger partial charge on any atom is 0.371 e. The van der Waals surface area contributed by atoms with Crippen LogP contribution in [0.15, 0.2) is 65.8 Å². The average molecular weight is 298 g/mol. The summed E-state index contributed by atoms with van der Waals surface area (Å²) in [6.45, 7) is 0. The number of nitrogens with zero attached hydrogens (tertiary/aromatic N) is 1. The van der Waals surface area contributed by atoms with Crippen molar-refractivity contribution in [1.29, 1.82) is 0 Å². The predicted molar refractivity (Wildman–Crippen MR) is 80.6 cm³/mol. The first-order valence-electron chi connectivity index (χ1n) is 6.49. The lowest BCUT2D eigenvalue weighted by Crippen LogP contribution is -2.33. The smallest absolute Gasteiger partial charge is 0.371 e. The van der Waals surface area contributed by atoms with Crippen molar-refractivity contribution >= 4 is 17.7 Å². The standard InChI is InChI=1S/C16H14N2O4/c1-17-18-14(15(19)21-12-8-4-2-5-9-12)16(20)22-13-10-6-3-7-11-13/h2-11,17H,1H3. The van der Waals surface area contributed by atoms with Crippen LogP contribution in [-0.2, 0) is 9.59 Å². The Balaban J connectivity index is 2.10. The second-order valence-electron chi connectivity index (χ2n) is 4.09. The van der Waals surface area contributed by atoms with E-state index in [0.717, 1.165) is 0 Å². The number of para-hydroxylation sites is 2. The van der Waals surface area contributed by atoms with Gasteiger partial charge in [0.25, 0.3) is 5.71 Å². The minimum Gasteiger partial charge on any atom is -0.422 e. The molecule has 0 aromatic heterocycles. The molecule has 0 amide bonds. The summed E-state index contributed by atoms with van der Waals surface area (Å²) in [5, 5.41) is 3.63. The highest BCUT2D eigenvalue weighted by molar-refractivity contribution is 6.63. The fourth-order valence-corrected chi connectivity index (χ4v) is 1.57. The Morgan fingerprint density at radius 2 is 1.23 bits per heavy atom. The van der Waals surface area contributed by atoms with Gasteiger partial charge in [-0.05, 0) is 24.3 Å². The fraction of sp³-hybridized carbons (Fsp3) is 0.0625. The minimum atomic E-state index is -0.901. The van der Waals surface area contributed by atoms with Gasteiger partial charge in [0, 0.05) is 7.05 Å². The number of carbonyl (C=O) groups is 2. The summed E-state index contributed by atoms with van der Waals surface area (Å²) in [7, 11) is 1.46. The van der Waals surface area contributed by atoms with Crippen molar-refractivity contribution in [3.63, 3.8) is 0 Å². The molecule has 22 heavy (non-hydrogen) atoms. The lowest BCUT2D eigenvalue weighted by atomic mass is 10.3. The number of rotatable bonds is 5. The zero-order chi connectivity index (χ0) is 15.8. The maximum atomic E-state index is 12.0. The summed E-state index contributed by atoms with van der Waals surface area (Å²) in [5.74, 6) is -1.18. The molecule has 0 heterocycles. The van der Waals surface area contributed by atoms with Crippen LogP contribution in [0.5, 0.6) is 11.5 Å². The largest absolute Gasteiger partial charge is 0.422 e. The molecule has 2 aromatic rings. The van der Waals surface area contributed by atoms with Crippen molar-refractivity contribution in [2.45, 2.75) is 0 Å². The van der Waals surface area contributed by atoms with Crippen molar-refractivity contribution in [3.05, 3.63) is 60.7 Å². The molecule has 0 unspecified atom stereocenters. The number of ether oxygens (including phenoxy) is 2. The van der Waals surface area contributed by atoms with E-state index in [2.05, 4.69) is 10.5 Å². The quantitative estimate of drug-likeness (QED) is 0.299. The van der Waals surface area contributed by atoms with Crippen LogP contribution in [0.2, 0.25) is 0 Å². The van der Waals surface area contributed by atoms with Crippen LogP contribution < -0.4 is 14.9 Å². The molecule has 0 saturated heterocycles. The highest BCUT2D eigenvalue weighted by Gasteiger charge is 2.25. The van der Waals surface area contributed by atoms with Gasteiger partial charge in [0.1, 0.15) is 11.5 Å². The van der Waals surface area contributed by atoms with Crippen LogP contribution in [0.4, 0.5) is 0 Å². The van der Waals surface area contributed by atoms with Crippen molar-refractivity contribution in [3.8, 4) is 11.5 Å². The molecule has 6 heteroatoms. The molecule has 0 radical (unpaired) electrons. The van der Waals surface area contributed by atoms with Gasteiger partial charge in [0.15, 0.2) is 0 Å². The van der Waals surface area contributed by atoms with E-state index in [1.54, 1.807) is 60.7 Å². The van der Waals surface area contributed by atoms with Gasteiger partial charge >= 0.3 is 11.9 Å². The summed E-state index contributed by atoms with van der Waals surface area (Å²) in [5.41, 5.74) is 1.91. The van der Waals surface area contributed by atoms with E-state index >= 15 is 0 Å². The number of hydrogen-bond donors (Lipinski definition) is 1. The number of carbonyl (C=O) groups excluding carboxylic acids is 2. The lowest BCUT2D eigenvalue weighted by Gasteiger charge is -2.07. The van der Waals surface area contributed by atoms with Gasteiger partial charge in [-0.15, -0.1) is 0 Å². The summed E-state index contributed by atoms with van der Waals surface area (Å²) in [6, 6.07) is 16.8. The van der Waals surface area contributed by atoms with E-state index in [0.29, 0.717) is 11.5 Å². The number of hydrogen-bond acceptors (Lipinski definition) is 6. The van der Waals surface area contributed by atoms with Crippen LogP contribution >= 0.6 is 0 Å². The van der Waals surface area contributed by atoms with Gasteiger partial charge < -0.3 is 14.9 Å². The molecular weight excluding hydrogens is 284 g/mol. The summed E-state index contributed by atoms with van der Waals surface area (Å²) in [6.07, 6.45) is 0. The highest BCUT2D eigenvalue weighted by atomic mass is 16.6. The van der Waals surface area contributed by atoms with Crippen molar-refractivity contribution < 1.29 is 19.1 Å². The van der Waals surface area contributed by atoms with Gasteiger partial charge in [-0.1, -0.05) is 36.4 Å². The summed E-state index contributed by atoms with van der Waals surface area (Å²) < 4.78 is 10.2. The van der Waals surface area contributed by atoms with Crippen LogP contribution in [0.3, 0.4) is 0 Å². The van der Waals surface area contributed by atoms with Crippen LogP contribution in [0.25, 0.3) is 0 Å². The Bertz CT molecular complexity index is 614. The Kier molecular flexibility index (Phi) is 5.25. The third kappa shape index (κ3) is 4.17. The number of hydrazone groups is 1. The number of esters is 2. The van der Waals surface area contributed by atoms with E-state index in [1.807, 2.05) is 0 Å². The zero-order valence-corrected chi connectivity index (χ0v) is 11.9. The normalized spacial score (nSPS) is 9.50. The zero-order valence-electron chi connectivity index (χ0n) is 11.9. The first-order chi connectivity index (χ1) is 10.7. The monoisotopic (exact) mass is 298 g/mol. The molecule has 2 aromatic carbocycles. The Morgan fingerprint density at radius 1 is 0.818 bits per heavy atom. The van der Waals surface area contributed by atoms with Gasteiger partial charge in [-0.2, -0.15) is 5.10 Å². The molecule has 6 nitrogen and oxygen atoms in total. The fourth-order valence-electron chi connectivity index (χ4n) is 1.57. The molecular formula is C16H14N2O4.